The Hall–Kier alpha value is -1.14. The molecule has 2 fully saturated rings. The molecule has 0 bridgehead atoms. The Kier molecular flexibility index (Phi) is 3.94. The minimum Gasteiger partial charge on any atom is -0.357 e. The summed E-state index contributed by atoms with van der Waals surface area (Å²) in [6.45, 7) is 3.22. The van der Waals surface area contributed by atoms with Crippen molar-refractivity contribution in [3.05, 3.63) is 5.28 Å². The summed E-state index contributed by atoms with van der Waals surface area (Å²) >= 11 is 5.97. The summed E-state index contributed by atoms with van der Waals surface area (Å²) in [5.41, 5.74) is 0. The van der Waals surface area contributed by atoms with Crippen LogP contribution in [0.2, 0.25) is 5.28 Å². The summed E-state index contributed by atoms with van der Waals surface area (Å²) < 4.78 is 0. The number of halogens is 1. The average Bonchev–Trinajstić information content (AvgIpc) is 2.46. The Morgan fingerprint density at radius 1 is 1.20 bits per heavy atom. The lowest BCUT2D eigenvalue weighted by Crippen LogP contribution is -2.53. The topological polar surface area (TPSA) is 57.2 Å². The van der Waals surface area contributed by atoms with Crippen molar-refractivity contribution in [1.29, 1.82) is 0 Å². The number of aromatic nitrogens is 3. The highest BCUT2D eigenvalue weighted by Gasteiger charge is 2.35. The van der Waals surface area contributed by atoms with Crippen LogP contribution in [0.1, 0.15) is 19.3 Å². The molecule has 6 nitrogen and oxygen atoms in total. The van der Waals surface area contributed by atoms with Gasteiger partial charge in [0.1, 0.15) is 0 Å². The summed E-state index contributed by atoms with van der Waals surface area (Å²) in [6, 6.07) is 0.709. The number of fused-ring (bicyclic) bond motifs is 1. The van der Waals surface area contributed by atoms with E-state index in [0.29, 0.717) is 23.9 Å². The van der Waals surface area contributed by atoms with Gasteiger partial charge >= 0.3 is 0 Å². The Morgan fingerprint density at radius 3 is 2.85 bits per heavy atom. The highest BCUT2D eigenvalue weighted by Crippen LogP contribution is 2.31. The predicted octanol–water partition coefficient (Wildman–Crippen LogP) is 1.49. The van der Waals surface area contributed by atoms with Crippen LogP contribution in [-0.4, -0.2) is 59.6 Å². The molecule has 0 aliphatic carbocycles. The Bertz CT molecular complexity index is 482. The van der Waals surface area contributed by atoms with Gasteiger partial charge in [0.15, 0.2) is 0 Å². The van der Waals surface area contributed by atoms with Crippen molar-refractivity contribution in [3.8, 4) is 0 Å². The molecule has 20 heavy (non-hydrogen) atoms. The van der Waals surface area contributed by atoms with Crippen LogP contribution in [0.3, 0.4) is 0 Å². The number of nitrogens with one attached hydrogen (secondary N) is 1. The molecule has 7 heteroatoms. The van der Waals surface area contributed by atoms with Gasteiger partial charge in [0.2, 0.25) is 17.2 Å². The van der Waals surface area contributed by atoms with Gasteiger partial charge in [0.05, 0.1) is 0 Å². The SMILES string of the molecule is CNc1nc(Cl)nc(N2CCC3C(CCCN3C)C2)n1. The maximum Gasteiger partial charge on any atom is 0.231 e. The molecule has 2 aliphatic heterocycles. The molecule has 0 radical (unpaired) electrons. The number of rotatable bonds is 2. The first-order valence-electron chi connectivity index (χ1n) is 7.22. The van der Waals surface area contributed by atoms with Gasteiger partial charge in [-0.3, -0.25) is 0 Å². The van der Waals surface area contributed by atoms with Crippen molar-refractivity contribution in [2.24, 2.45) is 5.92 Å². The fraction of sp³-hybridized carbons (Fsp3) is 0.769. The van der Waals surface area contributed by atoms with E-state index in [-0.39, 0.29) is 5.28 Å². The largest absolute Gasteiger partial charge is 0.357 e. The van der Waals surface area contributed by atoms with Crippen LogP contribution < -0.4 is 10.2 Å². The van der Waals surface area contributed by atoms with Crippen molar-refractivity contribution in [2.45, 2.75) is 25.3 Å². The zero-order chi connectivity index (χ0) is 14.1. The summed E-state index contributed by atoms with van der Waals surface area (Å²) in [6.07, 6.45) is 3.74. The maximum atomic E-state index is 5.97. The average molecular weight is 297 g/mol. The summed E-state index contributed by atoms with van der Waals surface area (Å²) in [7, 11) is 4.03. The minimum atomic E-state index is 0.252. The molecular weight excluding hydrogens is 276 g/mol. The first-order chi connectivity index (χ1) is 9.67. The van der Waals surface area contributed by atoms with Crippen molar-refractivity contribution >= 4 is 23.5 Å². The van der Waals surface area contributed by atoms with E-state index in [9.17, 15) is 0 Å². The second kappa shape index (κ2) is 5.69. The van der Waals surface area contributed by atoms with E-state index < -0.39 is 0 Å². The van der Waals surface area contributed by atoms with Gasteiger partial charge in [-0.15, -0.1) is 0 Å². The second-order valence-corrected chi connectivity index (χ2v) is 6.00. The lowest BCUT2D eigenvalue weighted by Gasteiger charge is -2.45. The van der Waals surface area contributed by atoms with Crippen molar-refractivity contribution < 1.29 is 0 Å². The predicted molar refractivity (Wildman–Crippen MR) is 80.4 cm³/mol. The molecule has 1 N–H and O–H groups in total. The maximum absolute atomic E-state index is 5.97. The molecule has 0 aromatic carbocycles. The summed E-state index contributed by atoms with van der Waals surface area (Å²) in [4.78, 5) is 17.5. The number of piperidine rings is 2. The first-order valence-corrected chi connectivity index (χ1v) is 7.59. The monoisotopic (exact) mass is 296 g/mol. The Morgan fingerprint density at radius 2 is 2.05 bits per heavy atom. The zero-order valence-electron chi connectivity index (χ0n) is 12.0. The molecule has 2 aliphatic rings. The third-order valence-corrected chi connectivity index (χ3v) is 4.62. The van der Waals surface area contributed by atoms with Crippen LogP contribution in [0.5, 0.6) is 0 Å². The Balaban J connectivity index is 1.77. The normalized spacial score (nSPS) is 27.2. The van der Waals surface area contributed by atoms with Crippen LogP contribution in [0.4, 0.5) is 11.9 Å². The quantitative estimate of drug-likeness (QED) is 0.892. The molecule has 3 heterocycles. The third kappa shape index (κ3) is 2.67. The van der Waals surface area contributed by atoms with Crippen LogP contribution in [0.25, 0.3) is 0 Å². The van der Waals surface area contributed by atoms with Gasteiger partial charge in [0.25, 0.3) is 0 Å². The van der Waals surface area contributed by atoms with Crippen LogP contribution in [0.15, 0.2) is 0 Å². The number of anilines is 2. The molecule has 1 aromatic heterocycles. The molecular formula is C13H21ClN6. The molecule has 3 rings (SSSR count). The van der Waals surface area contributed by atoms with Gasteiger partial charge in [0, 0.05) is 26.2 Å². The van der Waals surface area contributed by atoms with Crippen LogP contribution in [0, 0.1) is 5.92 Å². The van der Waals surface area contributed by atoms with E-state index in [1.165, 1.54) is 25.8 Å². The lowest BCUT2D eigenvalue weighted by atomic mass is 9.84. The highest BCUT2D eigenvalue weighted by atomic mass is 35.5. The minimum absolute atomic E-state index is 0.252. The Labute approximate surface area is 124 Å². The van der Waals surface area contributed by atoms with Gasteiger partial charge in [-0.25, -0.2) is 0 Å². The van der Waals surface area contributed by atoms with E-state index in [1.807, 2.05) is 0 Å². The fourth-order valence-corrected chi connectivity index (χ4v) is 3.58. The second-order valence-electron chi connectivity index (χ2n) is 5.66. The van der Waals surface area contributed by atoms with E-state index >= 15 is 0 Å². The number of hydrogen-bond donors (Lipinski definition) is 1. The lowest BCUT2D eigenvalue weighted by molar-refractivity contribution is 0.102. The molecule has 110 valence electrons. The zero-order valence-corrected chi connectivity index (χ0v) is 12.8. The number of nitrogens with zero attached hydrogens (tertiary/aromatic N) is 5. The first kappa shape index (κ1) is 13.8. The van der Waals surface area contributed by atoms with Crippen LogP contribution >= 0.6 is 11.6 Å². The van der Waals surface area contributed by atoms with Crippen molar-refractivity contribution in [3.63, 3.8) is 0 Å². The van der Waals surface area contributed by atoms with E-state index in [2.05, 4.69) is 37.1 Å². The summed E-state index contributed by atoms with van der Waals surface area (Å²) in [5.74, 6) is 1.93. The number of likely N-dealkylation sites (tertiary alicyclic amines) is 1. The standard InChI is InChI=1S/C13H21ClN6/c1-15-12-16-11(14)17-13(18-12)20-7-5-10-9(8-20)4-3-6-19(10)2/h9-10H,3-8H2,1-2H3,(H,15,16,17,18). The molecule has 0 amide bonds. The number of hydrogen-bond acceptors (Lipinski definition) is 6. The molecule has 0 saturated carbocycles. The third-order valence-electron chi connectivity index (χ3n) is 4.45. The van der Waals surface area contributed by atoms with Crippen LogP contribution in [-0.2, 0) is 0 Å². The summed E-state index contributed by atoms with van der Waals surface area (Å²) in [5, 5.41) is 3.18. The molecule has 0 spiro atoms. The van der Waals surface area contributed by atoms with E-state index in [4.69, 9.17) is 11.6 Å². The van der Waals surface area contributed by atoms with Crippen molar-refractivity contribution in [1.82, 2.24) is 19.9 Å². The van der Waals surface area contributed by atoms with E-state index in [1.54, 1.807) is 7.05 Å². The fourth-order valence-electron chi connectivity index (χ4n) is 3.43. The van der Waals surface area contributed by atoms with E-state index in [0.717, 1.165) is 13.1 Å². The van der Waals surface area contributed by atoms with Gasteiger partial charge in [-0.05, 0) is 50.4 Å². The molecule has 1 aromatic rings. The van der Waals surface area contributed by atoms with Gasteiger partial charge in [-0.2, -0.15) is 15.0 Å². The smallest absolute Gasteiger partial charge is 0.231 e. The molecule has 2 saturated heterocycles. The highest BCUT2D eigenvalue weighted by molar-refractivity contribution is 6.28. The molecule has 2 atom stereocenters. The van der Waals surface area contributed by atoms with Gasteiger partial charge < -0.3 is 15.1 Å². The molecule has 2 unspecified atom stereocenters. The van der Waals surface area contributed by atoms with Crippen molar-refractivity contribution in [2.75, 3.05) is 43.9 Å². The van der Waals surface area contributed by atoms with Gasteiger partial charge in [-0.1, -0.05) is 0 Å².